The minimum atomic E-state index is -0.774. The van der Waals surface area contributed by atoms with Gasteiger partial charge in [-0.25, -0.2) is 4.79 Å². The van der Waals surface area contributed by atoms with Gasteiger partial charge in [0.1, 0.15) is 12.0 Å². The number of carbonyl (C=O) groups excluding carboxylic acids is 1. The Balaban J connectivity index is 2.91. The molecule has 0 aliphatic rings. The van der Waals surface area contributed by atoms with Crippen LogP contribution in [0.1, 0.15) is 0 Å². The number of aliphatic hydroxyl groups is 1. The second-order valence-corrected chi connectivity index (χ2v) is 3.95. The molecule has 0 amide bonds. The lowest BCUT2D eigenvalue weighted by atomic mass is 10.3. The summed E-state index contributed by atoms with van der Waals surface area (Å²) >= 11 is 8.94. The first kappa shape index (κ1) is 12.9. The summed E-state index contributed by atoms with van der Waals surface area (Å²) in [7, 11) is 1.19. The molecule has 16 heavy (non-hydrogen) atoms. The summed E-state index contributed by atoms with van der Waals surface area (Å²) in [5.74, 6) is -0.745. The number of ether oxygens (including phenoxy) is 2. The van der Waals surface area contributed by atoms with Crippen LogP contribution < -0.4 is 4.74 Å². The van der Waals surface area contributed by atoms with Crippen molar-refractivity contribution in [2.24, 2.45) is 0 Å². The second-order valence-electron chi connectivity index (χ2n) is 2.66. The van der Waals surface area contributed by atoms with Crippen LogP contribution in [0.4, 0.5) is 0 Å². The average molecular weight is 308 g/mol. The van der Waals surface area contributed by atoms with E-state index in [-0.39, 0.29) is 5.76 Å². The standard InChI is InChI=1S/C10H8BrClO4/c1-15-10(14)9(5-13)16-8-3-2-6(12)4-7(8)11/h2-5,13H,1H3. The van der Waals surface area contributed by atoms with Gasteiger partial charge >= 0.3 is 5.97 Å². The van der Waals surface area contributed by atoms with Crippen molar-refractivity contribution in [1.82, 2.24) is 0 Å². The molecule has 0 aliphatic carbocycles. The van der Waals surface area contributed by atoms with Crippen LogP contribution in [-0.2, 0) is 9.53 Å². The van der Waals surface area contributed by atoms with Gasteiger partial charge in [-0.3, -0.25) is 0 Å². The summed E-state index contributed by atoms with van der Waals surface area (Å²) in [6.07, 6.45) is 0.535. The van der Waals surface area contributed by atoms with Crippen molar-refractivity contribution in [1.29, 1.82) is 0 Å². The van der Waals surface area contributed by atoms with Crippen molar-refractivity contribution in [2.45, 2.75) is 0 Å². The third-order valence-corrected chi connectivity index (χ3v) is 2.47. The summed E-state index contributed by atoms with van der Waals surface area (Å²) in [6, 6.07) is 4.75. The minimum absolute atomic E-state index is 0.314. The summed E-state index contributed by atoms with van der Waals surface area (Å²) in [5.41, 5.74) is 0. The molecule has 0 spiro atoms. The van der Waals surface area contributed by atoms with E-state index in [0.717, 1.165) is 0 Å². The van der Waals surface area contributed by atoms with Gasteiger partial charge in [-0.05, 0) is 34.1 Å². The first-order valence-corrected chi connectivity index (χ1v) is 5.31. The number of rotatable bonds is 3. The molecule has 0 radical (unpaired) electrons. The van der Waals surface area contributed by atoms with Gasteiger partial charge in [0.2, 0.25) is 5.76 Å². The molecule has 4 nitrogen and oxygen atoms in total. The quantitative estimate of drug-likeness (QED) is 0.530. The number of hydrogen-bond donors (Lipinski definition) is 1. The Morgan fingerprint density at radius 1 is 1.56 bits per heavy atom. The van der Waals surface area contributed by atoms with Crippen molar-refractivity contribution in [3.05, 3.63) is 39.7 Å². The van der Waals surface area contributed by atoms with Crippen LogP contribution in [0.15, 0.2) is 34.7 Å². The van der Waals surface area contributed by atoms with E-state index in [1.165, 1.54) is 7.11 Å². The zero-order chi connectivity index (χ0) is 12.1. The maximum Gasteiger partial charge on any atom is 0.377 e. The maximum atomic E-state index is 11.1. The Kier molecular flexibility index (Phi) is 4.64. The van der Waals surface area contributed by atoms with Crippen LogP contribution in [-0.4, -0.2) is 18.2 Å². The van der Waals surface area contributed by atoms with E-state index < -0.39 is 5.97 Å². The van der Waals surface area contributed by atoms with E-state index >= 15 is 0 Å². The fourth-order valence-electron chi connectivity index (χ4n) is 0.898. The molecule has 1 aromatic carbocycles. The molecule has 0 unspecified atom stereocenters. The third-order valence-electron chi connectivity index (χ3n) is 1.62. The van der Waals surface area contributed by atoms with Gasteiger partial charge in [0.25, 0.3) is 0 Å². The van der Waals surface area contributed by atoms with Crippen molar-refractivity contribution in [3.63, 3.8) is 0 Å². The van der Waals surface area contributed by atoms with E-state index in [1.807, 2.05) is 0 Å². The SMILES string of the molecule is COC(=O)C(=CO)Oc1ccc(Cl)cc1Br. The first-order valence-electron chi connectivity index (χ1n) is 4.14. The predicted octanol–water partition coefficient (Wildman–Crippen LogP) is 3.05. The number of aliphatic hydroxyl groups excluding tert-OH is 1. The second kappa shape index (κ2) is 5.77. The van der Waals surface area contributed by atoms with Gasteiger partial charge in [-0.2, -0.15) is 0 Å². The van der Waals surface area contributed by atoms with E-state index in [9.17, 15) is 4.79 Å². The van der Waals surface area contributed by atoms with Crippen molar-refractivity contribution in [3.8, 4) is 5.75 Å². The molecule has 0 aliphatic heterocycles. The fourth-order valence-corrected chi connectivity index (χ4v) is 1.66. The minimum Gasteiger partial charge on any atom is -0.511 e. The van der Waals surface area contributed by atoms with Gasteiger partial charge in [0.05, 0.1) is 11.6 Å². The van der Waals surface area contributed by atoms with Crippen LogP contribution in [0.25, 0.3) is 0 Å². The molecule has 0 aromatic heterocycles. The lowest BCUT2D eigenvalue weighted by Crippen LogP contribution is -2.10. The van der Waals surface area contributed by atoms with Crippen LogP contribution in [0, 0.1) is 0 Å². The summed E-state index contributed by atoms with van der Waals surface area (Å²) < 4.78 is 10.1. The van der Waals surface area contributed by atoms with Crippen LogP contribution in [0.2, 0.25) is 5.02 Å². The van der Waals surface area contributed by atoms with Gasteiger partial charge < -0.3 is 14.6 Å². The van der Waals surface area contributed by atoms with Gasteiger partial charge in [-0.15, -0.1) is 0 Å². The number of benzene rings is 1. The zero-order valence-electron chi connectivity index (χ0n) is 8.24. The number of hydrogen-bond acceptors (Lipinski definition) is 4. The van der Waals surface area contributed by atoms with Crippen LogP contribution in [0.3, 0.4) is 0 Å². The van der Waals surface area contributed by atoms with E-state index in [1.54, 1.807) is 18.2 Å². The first-order chi connectivity index (χ1) is 7.58. The van der Waals surface area contributed by atoms with Gasteiger partial charge in [0, 0.05) is 5.02 Å². The number of halogens is 2. The number of carbonyl (C=O) groups is 1. The van der Waals surface area contributed by atoms with Crippen molar-refractivity contribution in [2.75, 3.05) is 7.11 Å². The van der Waals surface area contributed by atoms with E-state index in [0.29, 0.717) is 21.5 Å². The van der Waals surface area contributed by atoms with Gasteiger partial charge in [0.15, 0.2) is 0 Å². The number of methoxy groups -OCH3 is 1. The average Bonchev–Trinajstić information content (AvgIpc) is 2.27. The Labute approximate surface area is 106 Å². The molecule has 1 N–H and O–H groups in total. The molecule has 1 rings (SSSR count). The highest BCUT2D eigenvalue weighted by atomic mass is 79.9. The molecule has 1 aromatic rings. The largest absolute Gasteiger partial charge is 0.511 e. The highest BCUT2D eigenvalue weighted by Crippen LogP contribution is 2.29. The Hall–Kier alpha value is -1.20. The molecule has 0 saturated heterocycles. The topological polar surface area (TPSA) is 55.8 Å². The summed E-state index contributed by atoms with van der Waals surface area (Å²) in [5, 5.41) is 9.33. The molecule has 6 heteroatoms. The highest BCUT2D eigenvalue weighted by Gasteiger charge is 2.14. The van der Waals surface area contributed by atoms with Gasteiger partial charge in [-0.1, -0.05) is 11.6 Å². The molecule has 86 valence electrons. The van der Waals surface area contributed by atoms with Crippen LogP contribution in [0.5, 0.6) is 5.75 Å². The van der Waals surface area contributed by atoms with Crippen molar-refractivity contribution >= 4 is 33.5 Å². The molecule has 0 saturated carbocycles. The number of esters is 1. The lowest BCUT2D eigenvalue weighted by Gasteiger charge is -2.08. The molecule has 0 fully saturated rings. The predicted molar refractivity (Wildman–Crippen MR) is 62.5 cm³/mol. The highest BCUT2D eigenvalue weighted by molar-refractivity contribution is 9.10. The Bertz CT molecular complexity index is 431. The van der Waals surface area contributed by atoms with Crippen LogP contribution >= 0.6 is 27.5 Å². The fraction of sp³-hybridized carbons (Fsp3) is 0.100. The summed E-state index contributed by atoms with van der Waals surface area (Å²) in [4.78, 5) is 11.1. The maximum absolute atomic E-state index is 11.1. The van der Waals surface area contributed by atoms with Crippen molar-refractivity contribution < 1.29 is 19.4 Å². The molecule has 0 heterocycles. The molecular formula is C10H8BrClO4. The monoisotopic (exact) mass is 306 g/mol. The zero-order valence-corrected chi connectivity index (χ0v) is 10.6. The lowest BCUT2D eigenvalue weighted by molar-refractivity contribution is -0.138. The molecule has 0 bridgehead atoms. The molecule has 0 atom stereocenters. The third kappa shape index (κ3) is 3.15. The van der Waals surface area contributed by atoms with E-state index in [2.05, 4.69) is 20.7 Å². The van der Waals surface area contributed by atoms with E-state index in [4.69, 9.17) is 21.4 Å². The molecular weight excluding hydrogens is 299 g/mol. The smallest absolute Gasteiger partial charge is 0.377 e. The Morgan fingerprint density at radius 2 is 2.25 bits per heavy atom. The summed E-state index contributed by atoms with van der Waals surface area (Å²) in [6.45, 7) is 0. The normalized spacial score (nSPS) is 11.1. The Morgan fingerprint density at radius 3 is 2.75 bits per heavy atom.